The number of aliphatic hydroxyl groups excluding tert-OH is 1. The lowest BCUT2D eigenvalue weighted by atomic mass is 10.1. The number of hydrogen-bond donors (Lipinski definition) is 4. The summed E-state index contributed by atoms with van der Waals surface area (Å²) in [6.45, 7) is 3.22. The Hall–Kier alpha value is -3.01. The Balaban J connectivity index is 0.00000320. The molecular weight excluding hydrogens is 408 g/mol. The summed E-state index contributed by atoms with van der Waals surface area (Å²) < 4.78 is 0. The van der Waals surface area contributed by atoms with Crippen LogP contribution in [0.4, 0.5) is 11.8 Å². The number of nitrogens with zero attached hydrogens (tertiary/aromatic N) is 3. The van der Waals surface area contributed by atoms with Crippen LogP contribution in [0.2, 0.25) is 5.02 Å². The van der Waals surface area contributed by atoms with E-state index in [9.17, 15) is 4.79 Å². The largest absolute Gasteiger partial charge is 0.412 e. The first-order valence-corrected chi connectivity index (χ1v) is 9.65. The maximum atomic E-state index is 12.3. The number of pyridine rings is 2. The van der Waals surface area contributed by atoms with Crippen molar-refractivity contribution in [2.75, 3.05) is 23.7 Å². The molecule has 0 aliphatic heterocycles. The van der Waals surface area contributed by atoms with E-state index in [1.165, 1.54) is 0 Å². The summed E-state index contributed by atoms with van der Waals surface area (Å²) in [5.74, 6) is 1.25. The van der Waals surface area contributed by atoms with Gasteiger partial charge in [0, 0.05) is 43.7 Å². The third-order valence-electron chi connectivity index (χ3n) is 4.30. The van der Waals surface area contributed by atoms with E-state index in [2.05, 4.69) is 30.6 Å². The second-order valence-corrected chi connectivity index (χ2v) is 7.04. The Kier molecular flexibility index (Phi) is 8.72. The first kappa shape index (κ1) is 23.3. The molecule has 3 heterocycles. The first-order valence-electron chi connectivity index (χ1n) is 9.28. The van der Waals surface area contributed by atoms with Crippen LogP contribution in [0.25, 0.3) is 0 Å². The highest BCUT2D eigenvalue weighted by molar-refractivity contribution is 6.30. The Bertz CT molecular complexity index is 1010. The second-order valence-electron chi connectivity index (χ2n) is 6.60. The lowest BCUT2D eigenvalue weighted by molar-refractivity contribution is 0.277. The SMILES string of the molecule is Cc1cc(Cl)cnc1NCCCNc1ncc(Cc2ccc(CO)nc2)c(=O)[nH]1.O. The van der Waals surface area contributed by atoms with Crippen LogP contribution in [0.5, 0.6) is 0 Å². The molecule has 0 unspecified atom stereocenters. The fourth-order valence-electron chi connectivity index (χ4n) is 2.74. The summed E-state index contributed by atoms with van der Waals surface area (Å²) in [4.78, 5) is 27.7. The molecule has 0 aromatic carbocycles. The van der Waals surface area contributed by atoms with Gasteiger partial charge in [0.2, 0.25) is 5.95 Å². The van der Waals surface area contributed by atoms with Crippen molar-refractivity contribution < 1.29 is 10.6 Å². The molecule has 3 aromatic rings. The molecule has 3 aromatic heterocycles. The van der Waals surface area contributed by atoms with Crippen LogP contribution in [-0.4, -0.2) is 43.6 Å². The number of halogens is 1. The molecule has 0 amide bonds. The summed E-state index contributed by atoms with van der Waals surface area (Å²) >= 11 is 5.90. The van der Waals surface area contributed by atoms with Gasteiger partial charge < -0.3 is 21.2 Å². The maximum absolute atomic E-state index is 12.3. The van der Waals surface area contributed by atoms with Crippen LogP contribution in [0.1, 0.15) is 28.8 Å². The summed E-state index contributed by atoms with van der Waals surface area (Å²) in [5.41, 5.74) is 2.84. The van der Waals surface area contributed by atoms with Crippen molar-refractivity contribution in [3.8, 4) is 0 Å². The number of hydrogen-bond acceptors (Lipinski definition) is 7. The molecule has 0 spiro atoms. The standard InChI is InChI=1S/C20H23ClN6O2.H2O/c1-13-7-16(21)11-25-18(13)22-5-2-6-23-20-26-10-15(19(29)27-20)8-14-3-4-17(12-28)24-9-14;/h3-4,7,9-11,28H,2,5-6,8,12H2,1H3,(H,22,25)(H2,23,26,27,29);1H2. The number of nitrogens with one attached hydrogen (secondary N) is 3. The minimum absolute atomic E-state index is 0. The van der Waals surface area contributed by atoms with Crippen molar-refractivity contribution in [1.29, 1.82) is 0 Å². The molecule has 0 saturated heterocycles. The van der Waals surface area contributed by atoms with E-state index < -0.39 is 0 Å². The first-order chi connectivity index (χ1) is 14.0. The van der Waals surface area contributed by atoms with E-state index in [0.29, 0.717) is 35.2 Å². The topological polar surface area (TPSA) is 147 Å². The fraction of sp³-hybridized carbons (Fsp3) is 0.300. The van der Waals surface area contributed by atoms with Crippen LogP contribution in [0.15, 0.2) is 41.6 Å². The van der Waals surface area contributed by atoms with E-state index in [0.717, 1.165) is 29.9 Å². The lowest BCUT2D eigenvalue weighted by Crippen LogP contribution is -2.18. The van der Waals surface area contributed by atoms with E-state index in [1.807, 2.05) is 19.1 Å². The smallest absolute Gasteiger partial charge is 0.255 e. The molecule has 0 aliphatic carbocycles. The van der Waals surface area contributed by atoms with Crippen LogP contribution in [0, 0.1) is 6.92 Å². The zero-order valence-corrected chi connectivity index (χ0v) is 17.3. The minimum atomic E-state index is -0.187. The summed E-state index contributed by atoms with van der Waals surface area (Å²) in [6.07, 6.45) is 6.08. The van der Waals surface area contributed by atoms with Gasteiger partial charge >= 0.3 is 0 Å². The van der Waals surface area contributed by atoms with Crippen LogP contribution in [-0.2, 0) is 13.0 Å². The molecule has 160 valence electrons. The average molecular weight is 433 g/mol. The van der Waals surface area contributed by atoms with Gasteiger partial charge in [-0.25, -0.2) is 9.97 Å². The number of anilines is 2. The maximum Gasteiger partial charge on any atom is 0.255 e. The Morgan fingerprint density at radius 1 is 1.10 bits per heavy atom. The number of rotatable bonds is 9. The summed E-state index contributed by atoms with van der Waals surface area (Å²) in [6, 6.07) is 5.44. The van der Waals surface area contributed by atoms with Crippen LogP contribution >= 0.6 is 11.6 Å². The molecule has 10 heteroatoms. The molecule has 6 N–H and O–H groups in total. The van der Waals surface area contributed by atoms with Crippen molar-refractivity contribution in [2.45, 2.75) is 26.4 Å². The predicted octanol–water partition coefficient (Wildman–Crippen LogP) is 1.69. The number of aliphatic hydroxyl groups is 1. The van der Waals surface area contributed by atoms with Gasteiger partial charge in [0.25, 0.3) is 5.56 Å². The monoisotopic (exact) mass is 432 g/mol. The van der Waals surface area contributed by atoms with Gasteiger partial charge in [-0.05, 0) is 36.6 Å². The van der Waals surface area contributed by atoms with Gasteiger partial charge in [0.15, 0.2) is 0 Å². The fourth-order valence-corrected chi connectivity index (χ4v) is 2.95. The molecule has 0 aliphatic rings. The third kappa shape index (κ3) is 6.51. The predicted molar refractivity (Wildman–Crippen MR) is 117 cm³/mol. The Morgan fingerprint density at radius 3 is 2.57 bits per heavy atom. The van der Waals surface area contributed by atoms with E-state index >= 15 is 0 Å². The van der Waals surface area contributed by atoms with Crippen LogP contribution < -0.4 is 16.2 Å². The normalized spacial score (nSPS) is 10.4. The number of aryl methyl sites for hydroxylation is 1. The van der Waals surface area contributed by atoms with E-state index in [4.69, 9.17) is 16.7 Å². The lowest BCUT2D eigenvalue weighted by Gasteiger charge is -2.09. The molecule has 3 rings (SSSR count). The molecule has 0 bridgehead atoms. The molecule has 30 heavy (non-hydrogen) atoms. The van der Waals surface area contributed by atoms with Crippen molar-refractivity contribution in [3.05, 3.63) is 74.6 Å². The van der Waals surface area contributed by atoms with Gasteiger partial charge in [0.05, 0.1) is 17.3 Å². The number of aromatic amines is 1. The van der Waals surface area contributed by atoms with E-state index in [1.54, 1.807) is 24.7 Å². The average Bonchev–Trinajstić information content (AvgIpc) is 2.71. The quantitative estimate of drug-likeness (QED) is 0.376. The van der Waals surface area contributed by atoms with E-state index in [-0.39, 0.29) is 17.6 Å². The summed E-state index contributed by atoms with van der Waals surface area (Å²) in [7, 11) is 0. The Labute approximate surface area is 178 Å². The van der Waals surface area contributed by atoms with Gasteiger partial charge in [-0.1, -0.05) is 17.7 Å². The third-order valence-corrected chi connectivity index (χ3v) is 4.51. The van der Waals surface area contributed by atoms with Gasteiger partial charge in [-0.3, -0.25) is 14.8 Å². The zero-order valence-electron chi connectivity index (χ0n) is 16.6. The van der Waals surface area contributed by atoms with Gasteiger partial charge in [-0.15, -0.1) is 0 Å². The van der Waals surface area contributed by atoms with Crippen molar-refractivity contribution in [3.63, 3.8) is 0 Å². The van der Waals surface area contributed by atoms with Gasteiger partial charge in [-0.2, -0.15) is 0 Å². The number of H-pyrrole nitrogens is 1. The number of aromatic nitrogens is 4. The second kappa shape index (κ2) is 11.2. The molecule has 0 fully saturated rings. The molecule has 9 nitrogen and oxygen atoms in total. The highest BCUT2D eigenvalue weighted by atomic mass is 35.5. The molecule has 0 atom stereocenters. The highest BCUT2D eigenvalue weighted by Crippen LogP contribution is 2.15. The molecule has 0 saturated carbocycles. The van der Waals surface area contributed by atoms with Crippen molar-refractivity contribution in [1.82, 2.24) is 19.9 Å². The molecule has 0 radical (unpaired) electrons. The minimum Gasteiger partial charge on any atom is -0.412 e. The Morgan fingerprint density at radius 2 is 1.90 bits per heavy atom. The van der Waals surface area contributed by atoms with Crippen molar-refractivity contribution in [2.24, 2.45) is 0 Å². The van der Waals surface area contributed by atoms with Gasteiger partial charge in [0.1, 0.15) is 5.82 Å². The summed E-state index contributed by atoms with van der Waals surface area (Å²) in [5, 5.41) is 16.0. The highest BCUT2D eigenvalue weighted by Gasteiger charge is 2.05. The van der Waals surface area contributed by atoms with Crippen LogP contribution in [0.3, 0.4) is 0 Å². The molecular formula is C20H25ClN6O3. The zero-order chi connectivity index (χ0) is 20.6. The van der Waals surface area contributed by atoms with Crippen molar-refractivity contribution >= 4 is 23.4 Å².